The summed E-state index contributed by atoms with van der Waals surface area (Å²) >= 11 is 5.97. The summed E-state index contributed by atoms with van der Waals surface area (Å²) in [7, 11) is 0. The summed E-state index contributed by atoms with van der Waals surface area (Å²) in [5.41, 5.74) is -0.551. The van der Waals surface area contributed by atoms with E-state index in [-0.39, 0.29) is 30.2 Å². The molecule has 1 aliphatic carbocycles. The van der Waals surface area contributed by atoms with Crippen LogP contribution in [0.4, 0.5) is 18.0 Å². The second kappa shape index (κ2) is 8.76. The summed E-state index contributed by atoms with van der Waals surface area (Å²) < 4.78 is 49.2. The molecule has 174 valence electrons. The van der Waals surface area contributed by atoms with Crippen molar-refractivity contribution in [2.75, 3.05) is 6.61 Å². The molecule has 4 rings (SSSR count). The highest BCUT2D eigenvalue weighted by molar-refractivity contribution is 6.30. The Morgan fingerprint density at radius 2 is 1.79 bits per heavy atom. The second-order valence-corrected chi connectivity index (χ2v) is 8.62. The Kier molecular flexibility index (Phi) is 6.16. The Morgan fingerprint density at radius 1 is 1.15 bits per heavy atom. The maximum atomic E-state index is 14.2. The van der Waals surface area contributed by atoms with Gasteiger partial charge in [-0.25, -0.2) is 4.79 Å². The molecule has 1 aromatic heterocycles. The minimum atomic E-state index is -4.69. The lowest BCUT2D eigenvalue weighted by Gasteiger charge is -2.18. The number of hydrogen-bond acceptors (Lipinski definition) is 3. The van der Waals surface area contributed by atoms with Crippen molar-refractivity contribution < 1.29 is 27.8 Å². The summed E-state index contributed by atoms with van der Waals surface area (Å²) in [5.74, 6) is -0.225. The molecule has 0 atom stereocenters. The molecule has 9 heteroatoms. The van der Waals surface area contributed by atoms with Crippen molar-refractivity contribution in [3.63, 3.8) is 0 Å². The molecule has 1 saturated carbocycles. The Hall–Kier alpha value is -2.97. The first kappa shape index (κ1) is 23.2. The fraction of sp³-hybridized carbons (Fsp3) is 0.292. The van der Waals surface area contributed by atoms with Gasteiger partial charge in [-0.3, -0.25) is 0 Å². The van der Waals surface area contributed by atoms with Crippen LogP contribution >= 0.6 is 11.6 Å². The lowest BCUT2D eigenvalue weighted by atomic mass is 10.0. The van der Waals surface area contributed by atoms with E-state index in [1.807, 2.05) is 0 Å². The summed E-state index contributed by atoms with van der Waals surface area (Å²) in [5, 5.41) is 12.5. The minimum absolute atomic E-state index is 0.0631. The van der Waals surface area contributed by atoms with Crippen LogP contribution in [0.15, 0.2) is 54.6 Å². The van der Waals surface area contributed by atoms with Crippen LogP contribution in [0.2, 0.25) is 5.02 Å². The van der Waals surface area contributed by atoms with Gasteiger partial charge in [-0.15, -0.1) is 0 Å². The second-order valence-electron chi connectivity index (χ2n) is 8.18. The van der Waals surface area contributed by atoms with Crippen molar-refractivity contribution in [1.29, 1.82) is 0 Å². The number of nitrogens with zero attached hydrogens (tertiary/aromatic N) is 1. The predicted octanol–water partition coefficient (Wildman–Crippen LogP) is 5.80. The topological polar surface area (TPSA) is 63.5 Å². The Balaban J connectivity index is 1.87. The SMILES string of the molecule is Cc1c(-c2ccc(Cl)cc2)c(OC(=O)NC2(CO)CC2)n(Cc2ccccc2)c1C(F)(F)F. The quantitative estimate of drug-likeness (QED) is 0.471. The fourth-order valence-electron chi connectivity index (χ4n) is 3.87. The number of alkyl halides is 3. The molecule has 0 radical (unpaired) electrons. The van der Waals surface area contributed by atoms with E-state index < -0.39 is 23.5 Å². The van der Waals surface area contributed by atoms with Crippen LogP contribution in [0, 0.1) is 6.92 Å². The molecule has 0 bridgehead atoms. The third-order valence-corrected chi connectivity index (χ3v) is 6.01. The van der Waals surface area contributed by atoms with E-state index in [2.05, 4.69) is 5.32 Å². The zero-order valence-corrected chi connectivity index (χ0v) is 18.5. The maximum Gasteiger partial charge on any atom is 0.431 e. The molecule has 0 unspecified atom stereocenters. The van der Waals surface area contributed by atoms with Gasteiger partial charge in [0.15, 0.2) is 0 Å². The van der Waals surface area contributed by atoms with Crippen LogP contribution < -0.4 is 10.1 Å². The van der Waals surface area contributed by atoms with Crippen LogP contribution in [0.3, 0.4) is 0 Å². The number of benzene rings is 2. The van der Waals surface area contributed by atoms with E-state index in [9.17, 15) is 23.1 Å². The standard InChI is InChI=1S/C24H22ClF3N2O3/c1-15-19(17-7-9-18(25)10-8-17)21(33-22(32)29-23(14-31)11-12-23)30(20(15)24(26,27)28)13-16-5-3-2-4-6-16/h2-10,31H,11-14H2,1H3,(H,29,32). The highest BCUT2D eigenvalue weighted by Gasteiger charge is 2.45. The van der Waals surface area contributed by atoms with Crippen molar-refractivity contribution in [2.24, 2.45) is 0 Å². The fourth-order valence-corrected chi connectivity index (χ4v) is 3.99. The van der Waals surface area contributed by atoms with Gasteiger partial charge in [0.1, 0.15) is 5.69 Å². The van der Waals surface area contributed by atoms with E-state index in [0.29, 0.717) is 29.0 Å². The Labute approximate surface area is 193 Å². The number of aliphatic hydroxyl groups is 1. The number of nitrogens with one attached hydrogen (secondary N) is 1. The molecule has 1 aliphatic rings. The molecular weight excluding hydrogens is 457 g/mol. The molecule has 3 aromatic rings. The number of halogens is 4. The van der Waals surface area contributed by atoms with E-state index in [1.165, 1.54) is 6.92 Å². The lowest BCUT2D eigenvalue weighted by molar-refractivity contribution is -0.144. The number of carbonyl (C=O) groups excluding carboxylic acids is 1. The molecule has 1 fully saturated rings. The summed E-state index contributed by atoms with van der Waals surface area (Å²) in [6.45, 7) is 0.928. The van der Waals surface area contributed by atoms with Crippen LogP contribution in [0.5, 0.6) is 5.88 Å². The first-order chi connectivity index (χ1) is 15.6. The summed E-state index contributed by atoms with van der Waals surface area (Å²) in [4.78, 5) is 12.7. The number of carbonyl (C=O) groups is 1. The first-order valence-electron chi connectivity index (χ1n) is 10.3. The third-order valence-electron chi connectivity index (χ3n) is 5.76. The van der Waals surface area contributed by atoms with Crippen LogP contribution in [-0.2, 0) is 12.7 Å². The molecule has 2 aromatic carbocycles. The minimum Gasteiger partial charge on any atom is -0.394 e. The predicted molar refractivity (Wildman–Crippen MR) is 118 cm³/mol. The molecule has 1 amide bonds. The van der Waals surface area contributed by atoms with Gasteiger partial charge in [0.2, 0.25) is 5.88 Å². The van der Waals surface area contributed by atoms with Crippen molar-refractivity contribution in [2.45, 2.75) is 38.0 Å². The number of amides is 1. The molecule has 5 nitrogen and oxygen atoms in total. The highest BCUT2D eigenvalue weighted by Crippen LogP contribution is 2.45. The zero-order chi connectivity index (χ0) is 23.8. The zero-order valence-electron chi connectivity index (χ0n) is 17.7. The van der Waals surface area contributed by atoms with Gasteiger partial charge in [0, 0.05) is 10.6 Å². The molecule has 0 aliphatic heterocycles. The van der Waals surface area contributed by atoms with Crippen LogP contribution in [0.25, 0.3) is 11.1 Å². The van der Waals surface area contributed by atoms with Crippen molar-refractivity contribution in [1.82, 2.24) is 9.88 Å². The molecule has 2 N–H and O–H groups in total. The largest absolute Gasteiger partial charge is 0.431 e. The van der Waals surface area contributed by atoms with Gasteiger partial charge in [0.05, 0.1) is 18.7 Å². The Bertz CT molecular complexity index is 1150. The van der Waals surface area contributed by atoms with E-state index in [1.54, 1.807) is 54.6 Å². The monoisotopic (exact) mass is 478 g/mol. The molecular formula is C24H22ClF3N2O3. The van der Waals surface area contributed by atoms with E-state index in [0.717, 1.165) is 4.57 Å². The van der Waals surface area contributed by atoms with Crippen LogP contribution in [0.1, 0.15) is 29.7 Å². The number of aromatic nitrogens is 1. The van der Waals surface area contributed by atoms with E-state index >= 15 is 0 Å². The average molecular weight is 479 g/mol. The molecule has 1 heterocycles. The van der Waals surface area contributed by atoms with Gasteiger partial charge < -0.3 is 19.7 Å². The number of ether oxygens (including phenoxy) is 1. The number of hydrogen-bond donors (Lipinski definition) is 2. The third kappa shape index (κ3) is 4.86. The Morgan fingerprint density at radius 3 is 2.33 bits per heavy atom. The molecule has 33 heavy (non-hydrogen) atoms. The number of rotatable bonds is 6. The van der Waals surface area contributed by atoms with Gasteiger partial charge in [0.25, 0.3) is 0 Å². The lowest BCUT2D eigenvalue weighted by Crippen LogP contribution is -2.41. The normalized spacial score (nSPS) is 14.7. The first-order valence-corrected chi connectivity index (χ1v) is 10.7. The molecule has 0 spiro atoms. The van der Waals surface area contributed by atoms with Crippen molar-refractivity contribution >= 4 is 17.7 Å². The van der Waals surface area contributed by atoms with Crippen LogP contribution in [-0.4, -0.2) is 27.9 Å². The van der Waals surface area contributed by atoms with Crippen molar-refractivity contribution in [3.05, 3.63) is 76.4 Å². The van der Waals surface area contributed by atoms with Crippen molar-refractivity contribution in [3.8, 4) is 17.0 Å². The molecule has 0 saturated heterocycles. The average Bonchev–Trinajstić information content (AvgIpc) is 3.48. The summed E-state index contributed by atoms with van der Waals surface area (Å²) in [6.07, 6.45) is -4.47. The van der Waals surface area contributed by atoms with E-state index in [4.69, 9.17) is 16.3 Å². The highest BCUT2D eigenvalue weighted by atomic mass is 35.5. The number of aliphatic hydroxyl groups excluding tert-OH is 1. The smallest absolute Gasteiger partial charge is 0.394 e. The summed E-state index contributed by atoms with van der Waals surface area (Å²) in [6, 6.07) is 14.9. The maximum absolute atomic E-state index is 14.2. The van der Waals surface area contributed by atoms with Gasteiger partial charge >= 0.3 is 12.3 Å². The van der Waals surface area contributed by atoms with Gasteiger partial charge in [-0.1, -0.05) is 54.1 Å². The van der Waals surface area contributed by atoms with Gasteiger partial charge in [-0.2, -0.15) is 13.2 Å². The van der Waals surface area contributed by atoms with Gasteiger partial charge in [-0.05, 0) is 48.6 Å².